The van der Waals surface area contributed by atoms with E-state index >= 15 is 0 Å². The highest BCUT2D eigenvalue weighted by Gasteiger charge is 2.44. The number of nitrogens with one attached hydrogen (secondary N) is 2. The molecule has 15 heteroatoms. The van der Waals surface area contributed by atoms with Crippen molar-refractivity contribution in [1.29, 1.82) is 5.26 Å². The van der Waals surface area contributed by atoms with Crippen LogP contribution in [0, 0.1) is 11.3 Å². The summed E-state index contributed by atoms with van der Waals surface area (Å²) in [5.74, 6) is -0.339. The van der Waals surface area contributed by atoms with Crippen LogP contribution in [0.3, 0.4) is 0 Å². The van der Waals surface area contributed by atoms with Gasteiger partial charge in [-0.1, -0.05) is 12.8 Å². The van der Waals surface area contributed by atoms with Crippen LogP contribution in [-0.4, -0.2) is 37.2 Å². The second-order valence-electron chi connectivity index (χ2n) is 13.3. The molecule has 3 heterocycles. The van der Waals surface area contributed by atoms with E-state index in [1.54, 1.807) is 7.05 Å². The Morgan fingerprint density at radius 3 is 2.38 bits per heavy atom. The highest BCUT2D eigenvalue weighted by molar-refractivity contribution is 6.10. The Morgan fingerprint density at radius 2 is 1.74 bits per heavy atom. The number of halogens is 6. The van der Waals surface area contributed by atoms with Gasteiger partial charge in [0.25, 0.3) is 5.91 Å². The Balaban J connectivity index is 1.34. The first-order valence-corrected chi connectivity index (χ1v) is 16.3. The van der Waals surface area contributed by atoms with Crippen molar-refractivity contribution in [2.24, 2.45) is 7.05 Å². The van der Waals surface area contributed by atoms with Crippen LogP contribution in [0.2, 0.25) is 0 Å². The van der Waals surface area contributed by atoms with Gasteiger partial charge in [-0.3, -0.25) is 9.69 Å². The minimum atomic E-state index is -4.75. The number of amides is 1. The van der Waals surface area contributed by atoms with Crippen molar-refractivity contribution in [3.05, 3.63) is 76.6 Å². The molecule has 1 amide bonds. The van der Waals surface area contributed by atoms with Gasteiger partial charge in [0.1, 0.15) is 18.0 Å². The first-order chi connectivity index (χ1) is 23.7. The third-order valence-corrected chi connectivity index (χ3v) is 9.72. The van der Waals surface area contributed by atoms with Gasteiger partial charge < -0.3 is 15.2 Å². The molecule has 1 aliphatic heterocycles. The summed E-state index contributed by atoms with van der Waals surface area (Å²) < 4.78 is 87.1. The summed E-state index contributed by atoms with van der Waals surface area (Å²) in [6.07, 6.45) is -2.69. The normalized spacial score (nSPS) is 17.2. The second-order valence-corrected chi connectivity index (χ2v) is 13.3. The lowest BCUT2D eigenvalue weighted by atomic mass is 9.96. The Bertz CT molecular complexity index is 2000. The molecule has 9 nitrogen and oxygen atoms in total. The van der Waals surface area contributed by atoms with Crippen molar-refractivity contribution < 1.29 is 31.1 Å². The number of nitrogens with zero attached hydrogens (tertiary/aromatic N) is 6. The molecule has 50 heavy (non-hydrogen) atoms. The van der Waals surface area contributed by atoms with E-state index in [0.717, 1.165) is 48.8 Å². The lowest BCUT2D eigenvalue weighted by Crippen LogP contribution is -2.26. The highest BCUT2D eigenvalue weighted by Crippen LogP contribution is 2.45. The zero-order valence-electron chi connectivity index (χ0n) is 26.9. The van der Waals surface area contributed by atoms with Gasteiger partial charge in [-0.05, 0) is 90.4 Å². The van der Waals surface area contributed by atoms with E-state index in [9.17, 15) is 36.4 Å². The monoisotopic (exact) mass is 694 g/mol. The maximum atomic E-state index is 14.5. The van der Waals surface area contributed by atoms with Gasteiger partial charge in [0.2, 0.25) is 0 Å². The van der Waals surface area contributed by atoms with E-state index in [0.29, 0.717) is 24.0 Å². The molecular formula is C35H32F6N8O. The number of benzene rings is 2. The van der Waals surface area contributed by atoms with Crippen molar-refractivity contribution in [1.82, 2.24) is 25.1 Å². The fraction of sp³-hybridized carbons (Fsp3) is 0.400. The second kappa shape index (κ2) is 12.4. The minimum absolute atomic E-state index is 0.0564. The molecule has 3 aliphatic rings. The van der Waals surface area contributed by atoms with Crippen molar-refractivity contribution in [2.75, 3.05) is 10.2 Å². The zero-order valence-corrected chi connectivity index (χ0v) is 26.9. The molecule has 4 aromatic rings. The molecule has 0 spiro atoms. The van der Waals surface area contributed by atoms with Gasteiger partial charge >= 0.3 is 12.4 Å². The van der Waals surface area contributed by atoms with Crippen LogP contribution in [-0.2, 0) is 32.5 Å². The number of hydrogen-bond acceptors (Lipinski definition) is 7. The Morgan fingerprint density at radius 1 is 0.980 bits per heavy atom. The average molecular weight is 695 g/mol. The molecule has 2 aromatic carbocycles. The fourth-order valence-corrected chi connectivity index (χ4v) is 6.88. The number of aromatic nitrogens is 4. The van der Waals surface area contributed by atoms with Crippen molar-refractivity contribution in [3.63, 3.8) is 0 Å². The lowest BCUT2D eigenvalue weighted by Gasteiger charge is -2.21. The third kappa shape index (κ3) is 6.51. The molecule has 0 unspecified atom stereocenters. The highest BCUT2D eigenvalue weighted by atomic mass is 19.4. The molecule has 2 aromatic heterocycles. The Labute approximate surface area is 283 Å². The van der Waals surface area contributed by atoms with E-state index in [2.05, 4.69) is 31.9 Å². The zero-order chi connectivity index (χ0) is 35.4. The number of nitriles is 1. The maximum Gasteiger partial charge on any atom is 0.416 e. The number of hydrogen-bond donors (Lipinski definition) is 2. The number of carbonyl (C=O) groups excluding carboxylic acids is 1. The third-order valence-electron chi connectivity index (χ3n) is 9.72. The Hall–Kier alpha value is -4.97. The molecule has 2 fully saturated rings. The van der Waals surface area contributed by atoms with Crippen LogP contribution in [0.1, 0.15) is 77.6 Å². The van der Waals surface area contributed by atoms with E-state index in [4.69, 9.17) is 0 Å². The molecule has 2 aliphatic carbocycles. The van der Waals surface area contributed by atoms with E-state index in [1.165, 1.54) is 35.2 Å². The number of alkyl halides is 6. The molecule has 0 radical (unpaired) electrons. The molecule has 2 saturated carbocycles. The van der Waals surface area contributed by atoms with Crippen LogP contribution >= 0.6 is 0 Å². The van der Waals surface area contributed by atoms with Gasteiger partial charge in [-0.25, -0.2) is 4.98 Å². The Kier molecular flexibility index (Phi) is 8.32. The largest absolute Gasteiger partial charge is 0.416 e. The van der Waals surface area contributed by atoms with Crippen molar-refractivity contribution in [3.8, 4) is 28.6 Å². The van der Waals surface area contributed by atoms with E-state index in [-0.39, 0.29) is 58.7 Å². The first-order valence-electron chi connectivity index (χ1n) is 16.3. The summed E-state index contributed by atoms with van der Waals surface area (Å²) in [7, 11) is 1.64. The van der Waals surface area contributed by atoms with Gasteiger partial charge in [-0.2, -0.15) is 31.6 Å². The van der Waals surface area contributed by atoms with Crippen molar-refractivity contribution in [2.45, 2.75) is 82.0 Å². The predicted octanol–water partition coefficient (Wildman–Crippen LogP) is 7.63. The van der Waals surface area contributed by atoms with Gasteiger partial charge in [0.15, 0.2) is 5.82 Å². The number of anilines is 2. The van der Waals surface area contributed by atoms with Crippen LogP contribution in [0.15, 0.2) is 48.8 Å². The number of carbonyl (C=O) groups is 1. The van der Waals surface area contributed by atoms with E-state index < -0.39 is 41.5 Å². The van der Waals surface area contributed by atoms with Gasteiger partial charge in [-0.15, -0.1) is 10.2 Å². The number of fused-ring (bicyclic) bond motifs is 1. The lowest BCUT2D eigenvalue weighted by molar-refractivity contribution is -0.138. The minimum Gasteiger partial charge on any atom is -0.364 e. The van der Waals surface area contributed by atoms with Crippen molar-refractivity contribution >= 4 is 17.5 Å². The summed E-state index contributed by atoms with van der Waals surface area (Å²) in [6, 6.07) is 10.9. The number of aryl methyl sites for hydroxylation is 1. The fourth-order valence-electron chi connectivity index (χ4n) is 6.88. The first kappa shape index (κ1) is 33.5. The van der Waals surface area contributed by atoms with Crippen LogP contribution in [0.25, 0.3) is 22.5 Å². The summed E-state index contributed by atoms with van der Waals surface area (Å²) in [4.78, 5) is 19.7. The number of pyridine rings is 1. The van der Waals surface area contributed by atoms with E-state index in [1.807, 2.05) is 0 Å². The van der Waals surface area contributed by atoms with Gasteiger partial charge in [0, 0.05) is 30.8 Å². The molecule has 2 N–H and O–H groups in total. The molecular weight excluding hydrogens is 662 g/mol. The van der Waals surface area contributed by atoms with Gasteiger partial charge in [0.05, 0.1) is 35.7 Å². The smallest absolute Gasteiger partial charge is 0.364 e. The predicted molar refractivity (Wildman–Crippen MR) is 172 cm³/mol. The molecule has 0 bridgehead atoms. The maximum absolute atomic E-state index is 14.5. The molecule has 0 atom stereocenters. The SMILES string of the molecule is Cn1cnnc1-c1ccc(C(F)(F)F)cc1-c1cc(NC2(CC#N)CC2)nc(N2Cc3c(cc(CNC4CCCC4)cc3C(F)(F)F)C2=O)c1. The average Bonchev–Trinajstić information content (AvgIpc) is 3.38. The quantitative estimate of drug-likeness (QED) is 0.173. The van der Waals surface area contributed by atoms with Crippen LogP contribution in [0.5, 0.6) is 0 Å². The summed E-state index contributed by atoms with van der Waals surface area (Å²) in [5, 5.41) is 23.9. The summed E-state index contributed by atoms with van der Waals surface area (Å²) in [5.41, 5.74) is -1.86. The summed E-state index contributed by atoms with van der Waals surface area (Å²) in [6.45, 7) is -0.283. The molecule has 260 valence electrons. The standard InChI is InChI=1S/C35H32F6N8O/c1-48-19-44-47-31(48)24-7-6-22(34(36,37)38)16-25(24)21-14-29(46-33(8-9-33)10-11-42)45-30(15-21)49-18-27-26(32(49)50)12-20(13-28(27)35(39,40)41)17-43-23-4-2-3-5-23/h6-7,12-16,19,23,43H,2-5,8-10,17-18H2,1H3,(H,45,46). The topological polar surface area (TPSA) is 112 Å². The summed E-state index contributed by atoms with van der Waals surface area (Å²) >= 11 is 0. The molecule has 0 saturated heterocycles. The number of rotatable bonds is 9. The van der Waals surface area contributed by atoms with Crippen LogP contribution in [0.4, 0.5) is 38.0 Å². The van der Waals surface area contributed by atoms with Crippen LogP contribution < -0.4 is 15.5 Å². The molecule has 7 rings (SSSR count).